The lowest BCUT2D eigenvalue weighted by Crippen LogP contribution is -2.55. The molecule has 3 nitrogen and oxygen atoms in total. The molecule has 1 aromatic rings. The van der Waals surface area contributed by atoms with E-state index in [1.807, 2.05) is 20.7 Å². The van der Waals surface area contributed by atoms with Gasteiger partial charge in [0, 0.05) is 12.1 Å². The predicted molar refractivity (Wildman–Crippen MR) is 90.6 cm³/mol. The van der Waals surface area contributed by atoms with Crippen molar-refractivity contribution in [2.75, 3.05) is 13.1 Å². The number of benzene rings is 1. The van der Waals surface area contributed by atoms with Gasteiger partial charge in [0.1, 0.15) is 0 Å². The Morgan fingerprint density at radius 3 is 2.33 bits per heavy atom. The molecule has 1 heterocycles. The topological polar surface area (TPSA) is 35.5 Å². The van der Waals surface area contributed by atoms with Crippen LogP contribution in [0.15, 0.2) is 24.3 Å². The molecule has 0 amide bonds. The molecule has 1 aliphatic carbocycles. The maximum Gasteiger partial charge on any atom is 0.376 e. The lowest BCUT2D eigenvalue weighted by molar-refractivity contribution is 0.160. The van der Waals surface area contributed by atoms with Crippen molar-refractivity contribution in [3.8, 4) is 0 Å². The van der Waals surface area contributed by atoms with Gasteiger partial charge >= 0.3 is 7.05 Å². The Labute approximate surface area is 129 Å². The number of hydrogen-bond acceptors (Lipinski definition) is 3. The highest BCUT2D eigenvalue weighted by atomic mass is 16.2. The van der Waals surface area contributed by atoms with Crippen LogP contribution < -0.4 is 5.32 Å². The molecule has 116 valence electrons. The summed E-state index contributed by atoms with van der Waals surface area (Å²) in [7, 11) is -0.283. The van der Waals surface area contributed by atoms with Crippen molar-refractivity contribution in [1.29, 1.82) is 0 Å². The summed E-state index contributed by atoms with van der Waals surface area (Å²) >= 11 is 0. The van der Waals surface area contributed by atoms with Crippen LogP contribution in [0.25, 0.3) is 0 Å². The quantitative estimate of drug-likeness (QED) is 0.816. The number of nitrogens with zero attached hydrogens (tertiary/aromatic N) is 1. The Bertz CT molecular complexity index is 414. The van der Waals surface area contributed by atoms with Crippen LogP contribution in [0, 0.1) is 0 Å². The Hall–Kier alpha value is -0.835. The molecule has 0 spiro atoms. The molecule has 4 heteroatoms. The molecule has 0 aromatic heterocycles. The molecule has 1 unspecified atom stereocenters. The summed E-state index contributed by atoms with van der Waals surface area (Å²) in [6, 6.07) is 9.95. The Morgan fingerprint density at radius 2 is 1.86 bits per heavy atom. The molecule has 1 atom stereocenters. The highest BCUT2D eigenvalue weighted by molar-refractivity contribution is 6.45. The second-order valence-electron chi connectivity index (χ2n) is 5.93. The summed E-state index contributed by atoms with van der Waals surface area (Å²) in [6.45, 7) is 7.98. The second-order valence-corrected chi connectivity index (χ2v) is 5.93. The van der Waals surface area contributed by atoms with Gasteiger partial charge in [-0.2, -0.15) is 0 Å². The van der Waals surface area contributed by atoms with Gasteiger partial charge in [0.15, 0.2) is 0 Å². The molecule has 0 bridgehead atoms. The van der Waals surface area contributed by atoms with Crippen molar-refractivity contribution in [2.45, 2.75) is 58.4 Å². The maximum absolute atomic E-state index is 9.58. The summed E-state index contributed by atoms with van der Waals surface area (Å²) in [5, 5.41) is 13.3. The van der Waals surface area contributed by atoms with E-state index in [0.29, 0.717) is 12.1 Å². The average molecular weight is 288 g/mol. The van der Waals surface area contributed by atoms with Crippen LogP contribution in [0.3, 0.4) is 0 Å². The van der Waals surface area contributed by atoms with Crippen LogP contribution in [0.5, 0.6) is 0 Å². The van der Waals surface area contributed by atoms with Crippen molar-refractivity contribution < 1.29 is 5.02 Å². The normalized spacial score (nSPS) is 21.2. The summed E-state index contributed by atoms with van der Waals surface area (Å²) in [5.41, 5.74) is 3.02. The first-order valence-electron chi connectivity index (χ1n) is 8.48. The Balaban J connectivity index is 0.000000774. The van der Waals surface area contributed by atoms with Gasteiger partial charge in [0.05, 0.1) is 0 Å². The predicted octanol–water partition coefficient (Wildman–Crippen LogP) is 2.34. The van der Waals surface area contributed by atoms with Crippen LogP contribution in [0.4, 0.5) is 0 Å². The first-order valence-corrected chi connectivity index (χ1v) is 8.48. The molecule has 2 N–H and O–H groups in total. The lowest BCUT2D eigenvalue weighted by atomic mass is 9.77. The number of fused-ring (bicyclic) bond motifs is 1. The molecule has 0 radical (unpaired) electrons. The first-order chi connectivity index (χ1) is 10.2. The van der Waals surface area contributed by atoms with E-state index in [2.05, 4.69) is 34.4 Å². The zero-order chi connectivity index (χ0) is 15.2. The molecule has 3 rings (SSSR count). The number of nitrogens with one attached hydrogen (secondary N) is 1. The first kappa shape index (κ1) is 16.5. The molecule has 1 aliphatic heterocycles. The molecule has 2 aliphatic rings. The highest BCUT2D eigenvalue weighted by Gasteiger charge is 2.32. The van der Waals surface area contributed by atoms with Crippen LogP contribution in [-0.2, 0) is 12.8 Å². The molecular weight excluding hydrogens is 259 g/mol. The molecule has 0 saturated carbocycles. The maximum atomic E-state index is 9.58. The zero-order valence-corrected chi connectivity index (χ0v) is 13.7. The van der Waals surface area contributed by atoms with Crippen molar-refractivity contribution in [1.82, 2.24) is 10.1 Å². The van der Waals surface area contributed by atoms with Crippen LogP contribution >= 0.6 is 0 Å². The minimum absolute atomic E-state index is 0.283. The molecular formula is C17H29BN2O. The standard InChI is InChI=1S/C15H23BN2O.C2H6/c1-16(19)18-9-7-15(18)6-8-17-14-10-12-4-2-3-5-13(12)11-14;1-2/h2-5,14-15,17,19H,6-11H2,1H3;1-2H3. The zero-order valence-electron chi connectivity index (χ0n) is 13.7. The monoisotopic (exact) mass is 288 g/mol. The van der Waals surface area contributed by atoms with E-state index >= 15 is 0 Å². The molecule has 1 fully saturated rings. The summed E-state index contributed by atoms with van der Waals surface area (Å²) in [4.78, 5) is 2.19. The van der Waals surface area contributed by atoms with Crippen molar-refractivity contribution in [3.05, 3.63) is 35.4 Å². The number of hydrogen-bond donors (Lipinski definition) is 2. The van der Waals surface area contributed by atoms with E-state index in [1.165, 1.54) is 30.4 Å². The largest absolute Gasteiger partial charge is 0.437 e. The number of rotatable bonds is 5. The van der Waals surface area contributed by atoms with Gasteiger partial charge in [0.25, 0.3) is 0 Å². The van der Waals surface area contributed by atoms with Crippen molar-refractivity contribution >= 4 is 7.05 Å². The average Bonchev–Trinajstić information content (AvgIpc) is 2.86. The summed E-state index contributed by atoms with van der Waals surface area (Å²) in [6.07, 6.45) is 4.72. The van der Waals surface area contributed by atoms with Crippen LogP contribution in [0.2, 0.25) is 6.82 Å². The van der Waals surface area contributed by atoms with Crippen LogP contribution in [-0.4, -0.2) is 42.1 Å². The van der Waals surface area contributed by atoms with Gasteiger partial charge in [-0.1, -0.05) is 38.1 Å². The molecule has 1 aromatic carbocycles. The third-order valence-electron chi connectivity index (χ3n) is 4.63. The Kier molecular flexibility index (Phi) is 6.28. The van der Waals surface area contributed by atoms with Crippen LogP contribution in [0.1, 0.15) is 37.8 Å². The van der Waals surface area contributed by atoms with Gasteiger partial charge in [-0.3, -0.25) is 0 Å². The smallest absolute Gasteiger partial charge is 0.376 e. The minimum Gasteiger partial charge on any atom is -0.437 e. The Morgan fingerprint density at radius 1 is 1.24 bits per heavy atom. The van der Waals surface area contributed by atoms with E-state index < -0.39 is 0 Å². The van der Waals surface area contributed by atoms with Gasteiger partial charge in [-0.25, -0.2) is 0 Å². The van der Waals surface area contributed by atoms with Gasteiger partial charge in [-0.15, -0.1) is 0 Å². The molecule has 1 saturated heterocycles. The SMILES string of the molecule is CB(O)N1CCC1CCNC1Cc2ccccc2C1.CC. The van der Waals surface area contributed by atoms with E-state index in [1.54, 1.807) is 0 Å². The van der Waals surface area contributed by atoms with E-state index in [9.17, 15) is 5.02 Å². The van der Waals surface area contributed by atoms with Crippen molar-refractivity contribution in [2.24, 2.45) is 0 Å². The minimum atomic E-state index is -0.283. The summed E-state index contributed by atoms with van der Waals surface area (Å²) < 4.78 is 0. The van der Waals surface area contributed by atoms with E-state index in [0.717, 1.165) is 19.5 Å². The van der Waals surface area contributed by atoms with Gasteiger partial charge < -0.3 is 15.2 Å². The van der Waals surface area contributed by atoms with Crippen molar-refractivity contribution in [3.63, 3.8) is 0 Å². The fourth-order valence-electron chi connectivity index (χ4n) is 3.42. The van der Waals surface area contributed by atoms with Gasteiger partial charge in [-0.05, 0) is 56.7 Å². The fraction of sp³-hybridized carbons (Fsp3) is 0.647. The van der Waals surface area contributed by atoms with Gasteiger partial charge in [0.2, 0.25) is 0 Å². The fourth-order valence-corrected chi connectivity index (χ4v) is 3.42. The highest BCUT2D eigenvalue weighted by Crippen LogP contribution is 2.23. The van der Waals surface area contributed by atoms with E-state index in [4.69, 9.17) is 0 Å². The third-order valence-corrected chi connectivity index (χ3v) is 4.63. The molecule has 21 heavy (non-hydrogen) atoms. The summed E-state index contributed by atoms with van der Waals surface area (Å²) in [5.74, 6) is 0. The lowest BCUT2D eigenvalue weighted by Gasteiger charge is -2.42. The van der Waals surface area contributed by atoms with E-state index in [-0.39, 0.29) is 7.05 Å². The second kappa shape index (κ2) is 7.97. The third kappa shape index (κ3) is 4.09.